The number of fused-ring (bicyclic) bond motifs is 1. The number of nitrogens with two attached hydrogens (primary N) is 1. The van der Waals surface area contributed by atoms with E-state index in [-0.39, 0.29) is 39.0 Å². The Morgan fingerprint density at radius 2 is 1.21 bits per heavy atom. The number of nitrogen functional groups attached to an aromatic ring is 1. The molecule has 0 aromatic heterocycles. The molecule has 0 spiro atoms. The third-order valence-electron chi connectivity index (χ3n) is 6.22. The molecular weight excluding hydrogens is 562 g/mol. The molecule has 13 heteroatoms. The quantitative estimate of drug-likeness (QED) is 0.0567. The molecule has 5 rings (SSSR count). The van der Waals surface area contributed by atoms with Crippen molar-refractivity contribution in [2.24, 2.45) is 20.5 Å². The Bertz CT molecular complexity index is 2010. The van der Waals surface area contributed by atoms with E-state index >= 15 is 0 Å². The van der Waals surface area contributed by atoms with Gasteiger partial charge < -0.3 is 21.1 Å². The number of benzene rings is 5. The van der Waals surface area contributed by atoms with Crippen molar-refractivity contribution in [1.82, 2.24) is 0 Å². The van der Waals surface area contributed by atoms with Crippen LogP contribution in [0.3, 0.4) is 0 Å². The number of carboxylic acid groups (broad SMARTS) is 1. The van der Waals surface area contributed by atoms with Crippen LogP contribution < -0.4 is 5.73 Å². The number of azo groups is 2. The first kappa shape index (κ1) is 27.9. The fraction of sp³-hybridized carbons (Fsp3) is 0. The molecule has 5 aromatic rings. The largest absolute Gasteiger partial charge is 0.507 e. The van der Waals surface area contributed by atoms with Crippen molar-refractivity contribution in [3.8, 4) is 22.6 Å². The van der Waals surface area contributed by atoms with Gasteiger partial charge in [-0.3, -0.25) is 4.55 Å². The van der Waals surface area contributed by atoms with E-state index in [4.69, 9.17) is 10.8 Å². The Balaban J connectivity index is 1.34. The Morgan fingerprint density at radius 3 is 1.79 bits per heavy atom. The van der Waals surface area contributed by atoms with Crippen LogP contribution in [0.15, 0.2) is 116 Å². The van der Waals surface area contributed by atoms with E-state index in [1.807, 2.05) is 24.3 Å². The summed E-state index contributed by atoms with van der Waals surface area (Å²) in [5.74, 6) is -1.93. The Hall–Kier alpha value is -5.66. The van der Waals surface area contributed by atoms with Crippen molar-refractivity contribution in [3.63, 3.8) is 0 Å². The van der Waals surface area contributed by atoms with E-state index in [2.05, 4.69) is 20.5 Å². The summed E-state index contributed by atoms with van der Waals surface area (Å²) in [6, 6.07) is 23.3. The zero-order chi connectivity index (χ0) is 30.0. The molecule has 210 valence electrons. The summed E-state index contributed by atoms with van der Waals surface area (Å²) in [4.78, 5) is 10.8. The maximum atomic E-state index is 11.5. The Morgan fingerprint density at radius 1 is 0.667 bits per heavy atom. The average molecular weight is 584 g/mol. The van der Waals surface area contributed by atoms with E-state index in [0.717, 1.165) is 11.1 Å². The van der Waals surface area contributed by atoms with Gasteiger partial charge in [0.1, 0.15) is 28.4 Å². The van der Waals surface area contributed by atoms with Crippen LogP contribution in [-0.2, 0) is 10.1 Å². The number of phenolic OH excluding ortho intramolecular Hbond substituents is 1. The second-order valence-corrected chi connectivity index (χ2v) is 10.4. The first-order valence-corrected chi connectivity index (χ1v) is 13.6. The van der Waals surface area contributed by atoms with Gasteiger partial charge in [0.05, 0.1) is 22.0 Å². The van der Waals surface area contributed by atoms with Crippen molar-refractivity contribution in [1.29, 1.82) is 0 Å². The van der Waals surface area contributed by atoms with Gasteiger partial charge in [-0.05, 0) is 77.2 Å². The molecule has 0 aliphatic carbocycles. The lowest BCUT2D eigenvalue weighted by molar-refractivity contribution is 0.0693. The highest BCUT2D eigenvalue weighted by Gasteiger charge is 2.15. The molecule has 12 nitrogen and oxygen atoms in total. The van der Waals surface area contributed by atoms with E-state index in [0.29, 0.717) is 22.1 Å². The number of carboxylic acids is 1. The van der Waals surface area contributed by atoms with Crippen molar-refractivity contribution < 1.29 is 33.1 Å². The number of hydrogen-bond donors (Lipinski definition) is 5. The maximum absolute atomic E-state index is 11.5. The summed E-state index contributed by atoms with van der Waals surface area (Å²) in [6.07, 6.45) is 0. The van der Waals surface area contributed by atoms with E-state index < -0.39 is 16.1 Å². The van der Waals surface area contributed by atoms with Crippen molar-refractivity contribution >= 4 is 55.3 Å². The summed E-state index contributed by atoms with van der Waals surface area (Å²) >= 11 is 0. The normalized spacial score (nSPS) is 11.9. The monoisotopic (exact) mass is 583 g/mol. The van der Waals surface area contributed by atoms with Crippen LogP contribution in [0.2, 0.25) is 0 Å². The van der Waals surface area contributed by atoms with Crippen LogP contribution in [-0.4, -0.2) is 34.3 Å². The highest BCUT2D eigenvalue weighted by molar-refractivity contribution is 7.85. The van der Waals surface area contributed by atoms with Gasteiger partial charge in [0.2, 0.25) is 0 Å². The molecule has 5 aromatic carbocycles. The minimum atomic E-state index is -4.44. The first-order chi connectivity index (χ1) is 20.0. The molecule has 0 aliphatic rings. The van der Waals surface area contributed by atoms with Crippen LogP contribution in [0.25, 0.3) is 21.9 Å². The number of rotatable bonds is 7. The van der Waals surface area contributed by atoms with Crippen molar-refractivity contribution in [3.05, 3.63) is 96.6 Å². The fourth-order valence-corrected chi connectivity index (χ4v) is 4.57. The fourth-order valence-electron chi connectivity index (χ4n) is 4.06. The lowest BCUT2D eigenvalue weighted by Gasteiger charge is -2.08. The number of nitrogens with zero attached hydrogens (tertiary/aromatic N) is 4. The Kier molecular flexibility index (Phi) is 7.35. The SMILES string of the molecule is Nc1c(O)cc2cc(S(=O)(=O)O)ccc2c1N=Nc1ccc(-c2ccc(N=Nc3ccc(O)c(C(=O)O)c3)cc2)cc1. The summed E-state index contributed by atoms with van der Waals surface area (Å²) in [7, 11) is -4.44. The zero-order valence-electron chi connectivity index (χ0n) is 21.4. The molecule has 42 heavy (non-hydrogen) atoms. The third kappa shape index (κ3) is 5.91. The standard InChI is InChI=1S/C29H21N5O7S/c30-27-26(36)14-18-13-22(42(39,40)41)10-11-23(18)28(27)34-32-20-7-3-17(4-8-20)16-1-5-19(6-2-16)31-33-21-9-12-25(35)24(15-21)29(37)38/h1-15,35-36H,30H2,(H,37,38)(H,39,40,41). The molecule has 0 saturated carbocycles. The number of hydrogen-bond acceptors (Lipinski definition) is 10. The van der Waals surface area contributed by atoms with Gasteiger partial charge in [-0.2, -0.15) is 23.8 Å². The predicted octanol–water partition coefficient (Wildman–Crippen LogP) is 7.28. The minimum absolute atomic E-state index is 0.0348. The third-order valence-corrected chi connectivity index (χ3v) is 7.07. The number of aromatic hydroxyl groups is 2. The molecule has 0 unspecified atom stereocenters. The summed E-state index contributed by atoms with van der Waals surface area (Å²) < 4.78 is 32.3. The maximum Gasteiger partial charge on any atom is 0.339 e. The Labute approximate surface area is 238 Å². The second kappa shape index (κ2) is 11.1. The van der Waals surface area contributed by atoms with Crippen molar-refractivity contribution in [2.45, 2.75) is 4.90 Å². The molecule has 0 fully saturated rings. The van der Waals surface area contributed by atoms with Crippen LogP contribution in [0, 0.1) is 0 Å². The molecule has 0 heterocycles. The predicted molar refractivity (Wildman–Crippen MR) is 155 cm³/mol. The van der Waals surface area contributed by atoms with E-state index in [9.17, 15) is 28.0 Å². The van der Waals surface area contributed by atoms with Gasteiger partial charge in [0, 0.05) is 5.39 Å². The molecule has 0 atom stereocenters. The lowest BCUT2D eigenvalue weighted by Crippen LogP contribution is -1.97. The number of carbonyl (C=O) groups is 1. The van der Waals surface area contributed by atoms with Crippen LogP contribution in [0.1, 0.15) is 10.4 Å². The van der Waals surface area contributed by atoms with Crippen LogP contribution >= 0.6 is 0 Å². The summed E-state index contributed by atoms with van der Waals surface area (Å²) in [6.45, 7) is 0. The number of aromatic carboxylic acids is 1. The first-order valence-electron chi connectivity index (χ1n) is 12.1. The zero-order valence-corrected chi connectivity index (χ0v) is 22.3. The lowest BCUT2D eigenvalue weighted by atomic mass is 10.1. The van der Waals surface area contributed by atoms with Gasteiger partial charge in [-0.15, -0.1) is 5.11 Å². The van der Waals surface area contributed by atoms with Crippen molar-refractivity contribution in [2.75, 3.05) is 5.73 Å². The van der Waals surface area contributed by atoms with Gasteiger partial charge >= 0.3 is 5.97 Å². The van der Waals surface area contributed by atoms with Gasteiger partial charge in [0.15, 0.2) is 0 Å². The average Bonchev–Trinajstić information content (AvgIpc) is 2.96. The summed E-state index contributed by atoms with van der Waals surface area (Å²) in [5, 5.41) is 46.2. The second-order valence-electron chi connectivity index (χ2n) is 9.02. The number of anilines is 1. The smallest absolute Gasteiger partial charge is 0.339 e. The topological polar surface area (TPSA) is 208 Å². The molecule has 0 saturated heterocycles. The van der Waals surface area contributed by atoms with E-state index in [1.165, 1.54) is 42.5 Å². The minimum Gasteiger partial charge on any atom is -0.507 e. The van der Waals surface area contributed by atoms with Gasteiger partial charge in [-0.1, -0.05) is 30.3 Å². The molecule has 0 bridgehead atoms. The van der Waals surface area contributed by atoms with Crippen LogP contribution in [0.5, 0.6) is 11.5 Å². The molecule has 6 N–H and O–H groups in total. The molecule has 0 radical (unpaired) electrons. The van der Waals surface area contributed by atoms with Crippen LogP contribution in [0.4, 0.5) is 28.4 Å². The molecule has 0 amide bonds. The molecule has 0 aliphatic heterocycles. The summed E-state index contributed by atoms with van der Waals surface area (Å²) in [5.41, 5.74) is 8.92. The highest BCUT2D eigenvalue weighted by atomic mass is 32.2. The molecular formula is C29H21N5O7S. The number of phenols is 2. The highest BCUT2D eigenvalue weighted by Crippen LogP contribution is 2.40. The van der Waals surface area contributed by atoms with Gasteiger partial charge in [-0.25, -0.2) is 4.79 Å². The van der Waals surface area contributed by atoms with E-state index in [1.54, 1.807) is 24.3 Å². The van der Waals surface area contributed by atoms with Gasteiger partial charge in [0.25, 0.3) is 10.1 Å².